The van der Waals surface area contributed by atoms with Crippen LogP contribution in [0.1, 0.15) is 144 Å². The summed E-state index contributed by atoms with van der Waals surface area (Å²) in [6.45, 7) is 14.0. The van der Waals surface area contributed by atoms with Gasteiger partial charge in [0.25, 0.3) is 0 Å². The van der Waals surface area contributed by atoms with Gasteiger partial charge in [-0.05, 0) is 126 Å². The van der Waals surface area contributed by atoms with Gasteiger partial charge in [0.1, 0.15) is 66.5 Å². The van der Waals surface area contributed by atoms with Crippen LogP contribution in [-0.2, 0) is 68.7 Å². The fraction of sp³-hybridized carbons (Fsp3) is 0.698. The van der Waals surface area contributed by atoms with Gasteiger partial charge in [-0.25, -0.2) is 4.79 Å². The first kappa shape index (κ1) is 78.0. The molecular weight excluding hydrogens is 1220 g/mol. The van der Waals surface area contributed by atoms with Crippen LogP contribution in [0.5, 0.6) is 0 Å². The molecule has 0 unspecified atom stereocenters. The number of carboxylic acid groups (broad SMARTS) is 1. The van der Waals surface area contributed by atoms with Gasteiger partial charge in [-0.2, -0.15) is 11.8 Å². The van der Waals surface area contributed by atoms with Gasteiger partial charge in [-0.3, -0.25) is 57.5 Å². The second-order valence-electron chi connectivity index (χ2n) is 25.7. The summed E-state index contributed by atoms with van der Waals surface area (Å²) in [6, 6.07) is -6.29. The van der Waals surface area contributed by atoms with Crippen molar-refractivity contribution in [3.8, 4) is 0 Å². The highest BCUT2D eigenvalue weighted by Gasteiger charge is 2.45. The summed E-state index contributed by atoms with van der Waals surface area (Å²) >= 11 is 1.42. The average Bonchev–Trinajstić information content (AvgIpc) is 1.78. The number of carbonyl (C=O) groups excluding carboxylic acids is 12. The molecule has 0 spiro atoms. The van der Waals surface area contributed by atoms with Crippen LogP contribution < -0.4 is 59.7 Å². The molecule has 0 saturated carbocycles. The van der Waals surface area contributed by atoms with Gasteiger partial charge in [-0.1, -0.05) is 78.3 Å². The number of thioether (sulfide) groups is 1. The Kier molecular flexibility index (Phi) is 31.9. The van der Waals surface area contributed by atoms with Gasteiger partial charge in [0.15, 0.2) is 0 Å². The molecule has 4 rings (SSSR count). The molecule has 3 heterocycles. The minimum absolute atomic E-state index is 0.00602. The van der Waals surface area contributed by atoms with Crippen molar-refractivity contribution < 1.29 is 72.5 Å². The summed E-state index contributed by atoms with van der Waals surface area (Å²) in [5.41, 5.74) is 18.0. The molecule has 0 aliphatic carbocycles. The predicted octanol–water partition coefficient (Wildman–Crippen LogP) is -1.60. The molecule has 12 amide bonds. The van der Waals surface area contributed by atoms with E-state index in [0.717, 1.165) is 4.90 Å². The number of carboxylic acids is 1. The highest BCUT2D eigenvalue weighted by atomic mass is 32.2. The number of aliphatic hydroxyl groups is 1. The van der Waals surface area contributed by atoms with Crippen LogP contribution in [-0.4, -0.2) is 219 Å². The number of hydrogen-bond donors (Lipinski definition) is 13. The predicted molar refractivity (Wildman–Crippen MR) is 346 cm³/mol. The lowest BCUT2D eigenvalue weighted by Gasteiger charge is -2.33. The first-order valence-electron chi connectivity index (χ1n) is 32.4. The monoisotopic (exact) mass is 1330 g/mol. The molecule has 0 bridgehead atoms. The third-order valence-corrected chi connectivity index (χ3v) is 17.3. The number of carbonyl (C=O) groups is 13. The summed E-state index contributed by atoms with van der Waals surface area (Å²) < 4.78 is 0. The first-order chi connectivity index (χ1) is 43.9. The van der Waals surface area contributed by atoms with E-state index < -0.39 is 168 Å². The summed E-state index contributed by atoms with van der Waals surface area (Å²) in [5.74, 6) is -10.7. The molecular formula is C63H102N14O15S. The summed E-state index contributed by atoms with van der Waals surface area (Å²) in [7, 11) is 0. The van der Waals surface area contributed by atoms with Crippen LogP contribution in [0.4, 0.5) is 0 Å². The van der Waals surface area contributed by atoms with E-state index in [1.54, 1.807) is 58.0 Å². The normalized spacial score (nSPS) is 19.6. The minimum Gasteiger partial charge on any atom is -0.480 e. The van der Waals surface area contributed by atoms with Crippen LogP contribution in [0.15, 0.2) is 30.3 Å². The Morgan fingerprint density at radius 1 is 0.548 bits per heavy atom. The lowest BCUT2D eigenvalue weighted by molar-refractivity contribution is -0.144. The van der Waals surface area contributed by atoms with E-state index in [2.05, 4.69) is 42.5 Å². The molecule has 93 heavy (non-hydrogen) atoms. The molecule has 520 valence electrons. The van der Waals surface area contributed by atoms with Crippen LogP contribution in [0.25, 0.3) is 0 Å². The van der Waals surface area contributed by atoms with Crippen LogP contribution >= 0.6 is 11.8 Å². The number of nitrogens with zero attached hydrogens (tertiary/aromatic N) is 3. The Hall–Kier alpha value is -7.44. The Labute approximate surface area is 549 Å². The van der Waals surface area contributed by atoms with Gasteiger partial charge >= 0.3 is 5.97 Å². The fourth-order valence-electron chi connectivity index (χ4n) is 11.7. The molecule has 16 N–H and O–H groups in total. The minimum atomic E-state index is -1.71. The molecule has 0 aromatic heterocycles. The van der Waals surface area contributed by atoms with Crippen molar-refractivity contribution in [1.82, 2.24) is 57.2 Å². The highest BCUT2D eigenvalue weighted by Crippen LogP contribution is 2.25. The van der Waals surface area contributed by atoms with Gasteiger partial charge in [0, 0.05) is 26.1 Å². The quantitative estimate of drug-likeness (QED) is 0.0334. The number of likely N-dealkylation sites (tertiary alicyclic amines) is 3. The number of hydrogen-bond acceptors (Lipinski definition) is 17. The molecule has 13 atom stereocenters. The van der Waals surface area contributed by atoms with Gasteiger partial charge < -0.3 is 84.6 Å². The maximum Gasteiger partial charge on any atom is 0.326 e. The van der Waals surface area contributed by atoms with Gasteiger partial charge in [0.2, 0.25) is 70.9 Å². The molecule has 3 aliphatic heterocycles. The van der Waals surface area contributed by atoms with E-state index in [0.29, 0.717) is 62.8 Å². The van der Waals surface area contributed by atoms with Crippen molar-refractivity contribution in [1.29, 1.82) is 0 Å². The largest absolute Gasteiger partial charge is 0.480 e. The number of nitrogens with one attached hydrogen (secondary N) is 8. The topological polar surface area (TPSA) is 446 Å². The number of rotatable bonds is 37. The van der Waals surface area contributed by atoms with Crippen molar-refractivity contribution >= 4 is 88.6 Å². The fourth-order valence-corrected chi connectivity index (χ4v) is 12.1. The third-order valence-electron chi connectivity index (χ3n) is 16.7. The zero-order valence-corrected chi connectivity index (χ0v) is 56.1. The number of amides is 12. The number of aliphatic hydroxyl groups excluding tert-OH is 1. The second kappa shape index (κ2) is 38.1. The summed E-state index contributed by atoms with van der Waals surface area (Å²) in [6.07, 6.45) is 3.38. The number of aliphatic carboxylic acids is 1. The third kappa shape index (κ3) is 23.8. The van der Waals surface area contributed by atoms with Gasteiger partial charge in [0.05, 0.1) is 18.6 Å². The van der Waals surface area contributed by atoms with E-state index in [-0.39, 0.29) is 70.0 Å². The summed E-state index contributed by atoms with van der Waals surface area (Å²) in [5, 5.41) is 41.7. The molecule has 3 saturated heterocycles. The van der Waals surface area contributed by atoms with Crippen molar-refractivity contribution in [2.75, 3.05) is 38.2 Å². The smallest absolute Gasteiger partial charge is 0.326 e. The summed E-state index contributed by atoms with van der Waals surface area (Å²) in [4.78, 5) is 183. The van der Waals surface area contributed by atoms with Crippen molar-refractivity contribution in [2.45, 2.75) is 224 Å². The van der Waals surface area contributed by atoms with Crippen molar-refractivity contribution in [3.63, 3.8) is 0 Å². The van der Waals surface area contributed by atoms with E-state index in [1.165, 1.54) is 35.4 Å². The van der Waals surface area contributed by atoms with Crippen LogP contribution in [0.2, 0.25) is 0 Å². The molecule has 1 aromatic rings. The van der Waals surface area contributed by atoms with E-state index in [1.807, 2.05) is 20.1 Å². The molecule has 29 nitrogen and oxygen atoms in total. The maximum atomic E-state index is 14.5. The molecule has 0 radical (unpaired) electrons. The number of nitrogens with two attached hydrogens (primary N) is 3. The maximum absolute atomic E-state index is 14.5. The Morgan fingerprint density at radius 3 is 1.53 bits per heavy atom. The lowest BCUT2D eigenvalue weighted by atomic mass is 10.0. The molecule has 3 aliphatic rings. The Bertz CT molecular complexity index is 2760. The van der Waals surface area contributed by atoms with Crippen LogP contribution in [0, 0.1) is 17.8 Å². The zero-order chi connectivity index (χ0) is 69.4. The van der Waals surface area contributed by atoms with Crippen molar-refractivity contribution in [2.24, 2.45) is 35.0 Å². The van der Waals surface area contributed by atoms with Crippen molar-refractivity contribution in [3.05, 3.63) is 35.9 Å². The molecule has 1 aromatic carbocycles. The number of primary amides is 1. The Morgan fingerprint density at radius 2 is 1.03 bits per heavy atom. The van der Waals surface area contributed by atoms with Gasteiger partial charge in [-0.15, -0.1) is 0 Å². The standard InChI is InChI=1S/C63H102N14O15S/c1-34(2)30-43(71-53(81)40(65)20-13-14-25-64)60(88)75-26-15-21-46(75)56(84)68-41(24-29-93-9)54(82)73-50(36(5)6)62(90)77-28-17-23-48(77)58(86)74-51(38(8)78)59(87)67-37(7)52(80)70-44(33-49(66)79)61(89)76-27-16-22-47(76)57(85)69-42(32-39-18-11-10-12-19-39)55(83)72-45(63(91)92)31-35(3)4/h10-12,18-19,34-38,40-48,50-51,78H,13-17,20-33,64-65H2,1-9H3,(H2,66,79)(H,67,87)(H,68,84)(H,69,85)(H,70,80)(H,71,81)(H,72,83)(H,73,82)(H,74,86)(H,91,92)/t37-,38+,40-,41-,42-,43-,44-,45-,46-,47-,48-,50-,51-/m0/s1. The van der Waals surface area contributed by atoms with Crippen LogP contribution in [0.3, 0.4) is 0 Å². The lowest BCUT2D eigenvalue weighted by Crippen LogP contribution is -2.62. The first-order valence-corrected chi connectivity index (χ1v) is 33.8. The number of benzene rings is 1. The second-order valence-corrected chi connectivity index (χ2v) is 26.7. The molecule has 3 fully saturated rings. The zero-order valence-electron chi connectivity index (χ0n) is 55.2. The van der Waals surface area contributed by atoms with E-state index >= 15 is 0 Å². The highest BCUT2D eigenvalue weighted by molar-refractivity contribution is 7.98. The average molecular weight is 1330 g/mol. The Balaban J connectivity index is 1.43. The van der Waals surface area contributed by atoms with E-state index in [9.17, 15) is 72.5 Å². The van der Waals surface area contributed by atoms with E-state index in [4.69, 9.17) is 17.2 Å². The number of unbranched alkanes of at least 4 members (excludes halogenated alkanes) is 1. The SMILES string of the molecule is CSCC[C@H](NC(=O)[C@@H]1CCCN1C(=O)[C@H](CC(C)C)NC(=O)[C@@H](N)CCCCN)C(=O)N[C@H](C(=O)N1CCC[C@H]1C(=O)N[C@H](C(=O)N[C@@H](C)C(=O)N[C@@H](CC(N)=O)C(=O)N1CCC[C@H]1C(=O)N[C@@H](Cc1ccccc1)C(=O)N[C@@H](CC(C)C)C(=O)O)[C@@H](C)O)C(C)C. The molecule has 30 heteroatoms.